The molecule has 14 heavy (non-hydrogen) atoms. The van der Waals surface area contributed by atoms with Gasteiger partial charge in [-0.15, -0.1) is 0 Å². The number of nitrogens with zero attached hydrogens (tertiary/aromatic N) is 4. The van der Waals surface area contributed by atoms with E-state index in [0.717, 1.165) is 19.5 Å². The molecule has 0 unspecified atom stereocenters. The molecular formula is C9H13N5. The molecule has 0 aromatic carbocycles. The molecule has 2 aromatic heterocycles. The highest BCUT2D eigenvalue weighted by atomic mass is 15.1. The van der Waals surface area contributed by atoms with Crippen molar-refractivity contribution in [3.8, 4) is 0 Å². The number of imidazole rings is 2. The van der Waals surface area contributed by atoms with Gasteiger partial charge in [0.05, 0.1) is 6.33 Å². The third-order valence-corrected chi connectivity index (χ3v) is 2.12. The first-order valence-corrected chi connectivity index (χ1v) is 4.58. The van der Waals surface area contributed by atoms with Crippen molar-refractivity contribution in [3.63, 3.8) is 0 Å². The van der Waals surface area contributed by atoms with Gasteiger partial charge in [-0.1, -0.05) is 0 Å². The Morgan fingerprint density at radius 1 is 1.21 bits per heavy atom. The van der Waals surface area contributed by atoms with Gasteiger partial charge in [0, 0.05) is 37.9 Å². The van der Waals surface area contributed by atoms with Crippen LogP contribution in [0, 0.1) is 0 Å². The van der Waals surface area contributed by atoms with Gasteiger partial charge in [0.1, 0.15) is 0 Å². The number of hydrogen-bond acceptors (Lipinski definition) is 3. The van der Waals surface area contributed by atoms with Gasteiger partial charge in [0.2, 0.25) is 0 Å². The Balaban J connectivity index is 1.81. The molecule has 0 amide bonds. The number of anilines is 1. The summed E-state index contributed by atoms with van der Waals surface area (Å²) in [5.41, 5.74) is 5.63. The summed E-state index contributed by atoms with van der Waals surface area (Å²) in [7, 11) is 0. The highest BCUT2D eigenvalue weighted by Gasteiger charge is 1.96. The molecule has 2 N–H and O–H groups in total. The average Bonchev–Trinajstić information content (AvgIpc) is 2.78. The van der Waals surface area contributed by atoms with Gasteiger partial charge in [0.25, 0.3) is 0 Å². The summed E-state index contributed by atoms with van der Waals surface area (Å²) in [5, 5.41) is 0. The van der Waals surface area contributed by atoms with E-state index in [2.05, 4.69) is 9.97 Å². The van der Waals surface area contributed by atoms with Crippen LogP contribution in [0.15, 0.2) is 31.1 Å². The minimum Gasteiger partial charge on any atom is -0.369 e. The topological polar surface area (TPSA) is 61.7 Å². The second-order valence-electron chi connectivity index (χ2n) is 3.13. The first-order chi connectivity index (χ1) is 6.86. The van der Waals surface area contributed by atoms with Crippen molar-refractivity contribution in [3.05, 3.63) is 31.1 Å². The lowest BCUT2D eigenvalue weighted by atomic mass is 10.4. The number of rotatable bonds is 4. The van der Waals surface area contributed by atoms with E-state index in [-0.39, 0.29) is 0 Å². The highest BCUT2D eigenvalue weighted by Crippen LogP contribution is 2.01. The van der Waals surface area contributed by atoms with Crippen LogP contribution < -0.4 is 5.73 Å². The summed E-state index contributed by atoms with van der Waals surface area (Å²) in [6.45, 7) is 1.85. The first-order valence-electron chi connectivity index (χ1n) is 4.58. The molecule has 0 bridgehead atoms. The maximum atomic E-state index is 5.63. The van der Waals surface area contributed by atoms with Crippen LogP contribution in [0.4, 0.5) is 5.95 Å². The van der Waals surface area contributed by atoms with Crippen molar-refractivity contribution < 1.29 is 0 Å². The van der Waals surface area contributed by atoms with Gasteiger partial charge in [0.15, 0.2) is 5.95 Å². The van der Waals surface area contributed by atoms with E-state index in [1.54, 1.807) is 12.4 Å². The Morgan fingerprint density at radius 3 is 2.79 bits per heavy atom. The largest absolute Gasteiger partial charge is 0.369 e. The van der Waals surface area contributed by atoms with Gasteiger partial charge < -0.3 is 14.9 Å². The van der Waals surface area contributed by atoms with Gasteiger partial charge in [-0.2, -0.15) is 0 Å². The molecule has 0 saturated heterocycles. The van der Waals surface area contributed by atoms with Crippen LogP contribution in [0.25, 0.3) is 0 Å². The molecule has 0 fully saturated rings. The predicted octanol–water partition coefficient (Wildman–Crippen LogP) is 0.752. The molecule has 5 nitrogen and oxygen atoms in total. The molecule has 5 heteroatoms. The summed E-state index contributed by atoms with van der Waals surface area (Å²) < 4.78 is 3.99. The van der Waals surface area contributed by atoms with Gasteiger partial charge in [-0.05, 0) is 6.42 Å². The van der Waals surface area contributed by atoms with Crippen LogP contribution in [0.2, 0.25) is 0 Å². The van der Waals surface area contributed by atoms with E-state index in [0.29, 0.717) is 5.95 Å². The number of nitrogens with two attached hydrogens (primary N) is 1. The molecule has 0 spiro atoms. The maximum absolute atomic E-state index is 5.63. The van der Waals surface area contributed by atoms with E-state index in [4.69, 9.17) is 5.73 Å². The molecule has 2 heterocycles. The summed E-state index contributed by atoms with van der Waals surface area (Å²) >= 11 is 0. The van der Waals surface area contributed by atoms with Crippen molar-refractivity contribution in [2.24, 2.45) is 0 Å². The molecule has 0 saturated carbocycles. The summed E-state index contributed by atoms with van der Waals surface area (Å²) in [6, 6.07) is 0. The Hall–Kier alpha value is -1.78. The SMILES string of the molecule is Nc1nccn1CCCn1ccnc1. The third-order valence-electron chi connectivity index (χ3n) is 2.12. The summed E-state index contributed by atoms with van der Waals surface area (Å²) in [5.74, 6) is 0.579. The van der Waals surface area contributed by atoms with Crippen LogP contribution in [-0.4, -0.2) is 19.1 Å². The van der Waals surface area contributed by atoms with Gasteiger partial charge in [-0.3, -0.25) is 0 Å². The lowest BCUT2D eigenvalue weighted by Gasteiger charge is -2.04. The fourth-order valence-electron chi connectivity index (χ4n) is 1.37. The van der Waals surface area contributed by atoms with Gasteiger partial charge >= 0.3 is 0 Å². The first kappa shape index (κ1) is 8.80. The highest BCUT2D eigenvalue weighted by molar-refractivity contribution is 5.16. The zero-order valence-corrected chi connectivity index (χ0v) is 7.87. The molecule has 2 aromatic rings. The smallest absolute Gasteiger partial charge is 0.200 e. The molecule has 74 valence electrons. The van der Waals surface area contributed by atoms with E-state index in [1.165, 1.54) is 0 Å². The van der Waals surface area contributed by atoms with Crippen molar-refractivity contribution in [1.29, 1.82) is 0 Å². The minimum absolute atomic E-state index is 0.579. The lowest BCUT2D eigenvalue weighted by molar-refractivity contribution is 0.567. The Morgan fingerprint density at radius 2 is 2.14 bits per heavy atom. The fourth-order valence-corrected chi connectivity index (χ4v) is 1.37. The standard InChI is InChI=1S/C9H13N5/c10-9-12-3-7-14(9)5-1-4-13-6-2-11-8-13/h2-3,6-8H,1,4-5H2,(H2,10,12). The fraction of sp³-hybridized carbons (Fsp3) is 0.333. The second-order valence-corrected chi connectivity index (χ2v) is 3.13. The van der Waals surface area contributed by atoms with Crippen LogP contribution in [-0.2, 0) is 13.1 Å². The van der Waals surface area contributed by atoms with Crippen LogP contribution in [0.3, 0.4) is 0 Å². The minimum atomic E-state index is 0.579. The summed E-state index contributed by atoms with van der Waals surface area (Å²) in [6.07, 6.45) is 10.2. The quantitative estimate of drug-likeness (QED) is 0.775. The molecule has 0 atom stereocenters. The molecule has 0 aliphatic carbocycles. The average molecular weight is 191 g/mol. The zero-order chi connectivity index (χ0) is 9.80. The normalized spacial score (nSPS) is 10.6. The zero-order valence-electron chi connectivity index (χ0n) is 7.87. The van der Waals surface area contributed by atoms with E-state index in [9.17, 15) is 0 Å². The second kappa shape index (κ2) is 3.95. The van der Waals surface area contributed by atoms with Crippen molar-refractivity contribution in [1.82, 2.24) is 19.1 Å². The van der Waals surface area contributed by atoms with Crippen molar-refractivity contribution in [2.45, 2.75) is 19.5 Å². The van der Waals surface area contributed by atoms with Crippen molar-refractivity contribution in [2.75, 3.05) is 5.73 Å². The molecular weight excluding hydrogens is 178 g/mol. The molecule has 0 aliphatic rings. The number of hydrogen-bond donors (Lipinski definition) is 1. The Labute approximate surface area is 82.2 Å². The lowest BCUT2D eigenvalue weighted by Crippen LogP contribution is -2.05. The number of aryl methyl sites for hydroxylation is 2. The van der Waals surface area contributed by atoms with Crippen LogP contribution in [0.5, 0.6) is 0 Å². The van der Waals surface area contributed by atoms with E-state index < -0.39 is 0 Å². The van der Waals surface area contributed by atoms with Crippen LogP contribution in [0.1, 0.15) is 6.42 Å². The maximum Gasteiger partial charge on any atom is 0.200 e. The molecule has 0 aliphatic heterocycles. The monoisotopic (exact) mass is 191 g/mol. The van der Waals surface area contributed by atoms with E-state index in [1.807, 2.05) is 27.9 Å². The Kier molecular flexibility index (Phi) is 2.48. The third kappa shape index (κ3) is 1.93. The summed E-state index contributed by atoms with van der Waals surface area (Å²) in [4.78, 5) is 7.93. The van der Waals surface area contributed by atoms with E-state index >= 15 is 0 Å². The number of aromatic nitrogens is 4. The molecule has 0 radical (unpaired) electrons. The predicted molar refractivity (Wildman–Crippen MR) is 53.5 cm³/mol. The van der Waals surface area contributed by atoms with Gasteiger partial charge in [-0.25, -0.2) is 9.97 Å². The number of nitrogen functional groups attached to an aromatic ring is 1. The van der Waals surface area contributed by atoms with Crippen molar-refractivity contribution >= 4 is 5.95 Å². The van der Waals surface area contributed by atoms with Crippen LogP contribution >= 0.6 is 0 Å². The Bertz CT molecular complexity index is 376. The molecule has 2 rings (SSSR count).